The second-order valence-electron chi connectivity index (χ2n) is 3.76. The summed E-state index contributed by atoms with van der Waals surface area (Å²) in [6.45, 7) is 2.03. The summed E-state index contributed by atoms with van der Waals surface area (Å²) in [4.78, 5) is 8.55. The number of aryl methyl sites for hydroxylation is 1. The Morgan fingerprint density at radius 1 is 1.33 bits per heavy atom. The third-order valence-electron chi connectivity index (χ3n) is 2.29. The van der Waals surface area contributed by atoms with Crippen molar-refractivity contribution in [3.63, 3.8) is 0 Å². The summed E-state index contributed by atoms with van der Waals surface area (Å²) in [6, 6.07) is 6.02. The van der Waals surface area contributed by atoms with E-state index in [2.05, 4.69) is 31.2 Å². The van der Waals surface area contributed by atoms with Crippen LogP contribution in [0.1, 0.15) is 11.3 Å². The van der Waals surface area contributed by atoms with Crippen molar-refractivity contribution in [3.8, 4) is 0 Å². The number of benzene rings is 1. The topological polar surface area (TPSA) is 63.8 Å². The van der Waals surface area contributed by atoms with Gasteiger partial charge in [0.2, 0.25) is 0 Å². The average molecular weight is 323 g/mol. The van der Waals surface area contributed by atoms with E-state index in [4.69, 9.17) is 18.0 Å². The lowest BCUT2D eigenvalue weighted by atomic mass is 10.2. The van der Waals surface area contributed by atoms with Crippen molar-refractivity contribution in [3.05, 3.63) is 46.3 Å². The maximum atomic E-state index is 5.46. The Bertz CT molecular complexity index is 583. The second-order valence-corrected chi connectivity index (χ2v) is 5.05. The molecule has 18 heavy (non-hydrogen) atoms. The van der Waals surface area contributed by atoms with E-state index in [0.717, 1.165) is 10.2 Å². The van der Waals surface area contributed by atoms with Crippen LogP contribution in [-0.4, -0.2) is 15.0 Å². The van der Waals surface area contributed by atoms with Gasteiger partial charge in [-0.05, 0) is 40.5 Å². The molecule has 0 aliphatic heterocycles. The standard InChI is InChI=1S/C12H11BrN4S/c1-7-2-3-9(8(13)4-7)17-11-6-15-10(5-16-11)12(14)18/h2-6H,1H3,(H2,14,18)(H,16,17). The molecule has 92 valence electrons. The predicted octanol–water partition coefficient (Wildman–Crippen LogP) is 2.93. The summed E-state index contributed by atoms with van der Waals surface area (Å²) in [5.74, 6) is 0.638. The van der Waals surface area contributed by atoms with E-state index in [1.165, 1.54) is 5.56 Å². The first kappa shape index (κ1) is 12.9. The van der Waals surface area contributed by atoms with Crippen molar-refractivity contribution in [1.82, 2.24) is 9.97 Å². The number of nitrogens with one attached hydrogen (secondary N) is 1. The van der Waals surface area contributed by atoms with Crippen molar-refractivity contribution in [2.45, 2.75) is 6.92 Å². The predicted molar refractivity (Wildman–Crippen MR) is 80.1 cm³/mol. The van der Waals surface area contributed by atoms with Crippen LogP contribution in [0.25, 0.3) is 0 Å². The van der Waals surface area contributed by atoms with Crippen molar-refractivity contribution in [1.29, 1.82) is 0 Å². The van der Waals surface area contributed by atoms with E-state index in [-0.39, 0.29) is 4.99 Å². The molecule has 0 fully saturated rings. The number of anilines is 2. The summed E-state index contributed by atoms with van der Waals surface area (Å²) in [7, 11) is 0. The first-order chi connectivity index (χ1) is 8.56. The third kappa shape index (κ3) is 3.02. The number of halogens is 1. The lowest BCUT2D eigenvalue weighted by Crippen LogP contribution is -2.12. The fourth-order valence-corrected chi connectivity index (χ4v) is 2.08. The molecule has 0 aliphatic carbocycles. The van der Waals surface area contributed by atoms with Crippen LogP contribution in [-0.2, 0) is 0 Å². The molecule has 1 aromatic heterocycles. The van der Waals surface area contributed by atoms with E-state index in [1.54, 1.807) is 12.4 Å². The number of rotatable bonds is 3. The Kier molecular flexibility index (Phi) is 3.88. The minimum atomic E-state index is 0.241. The van der Waals surface area contributed by atoms with Crippen LogP contribution in [0, 0.1) is 6.92 Å². The van der Waals surface area contributed by atoms with E-state index < -0.39 is 0 Å². The number of thiocarbonyl (C=S) groups is 1. The van der Waals surface area contributed by atoms with E-state index >= 15 is 0 Å². The van der Waals surface area contributed by atoms with Gasteiger partial charge in [-0.25, -0.2) is 9.97 Å². The van der Waals surface area contributed by atoms with Gasteiger partial charge in [-0.15, -0.1) is 0 Å². The number of nitrogens with zero attached hydrogens (tertiary/aromatic N) is 2. The maximum Gasteiger partial charge on any atom is 0.148 e. The van der Waals surface area contributed by atoms with Crippen LogP contribution in [0.4, 0.5) is 11.5 Å². The monoisotopic (exact) mass is 322 g/mol. The number of hydrogen-bond donors (Lipinski definition) is 2. The fraction of sp³-hybridized carbons (Fsp3) is 0.0833. The summed E-state index contributed by atoms with van der Waals surface area (Å²) >= 11 is 8.31. The molecule has 4 nitrogen and oxygen atoms in total. The van der Waals surface area contributed by atoms with E-state index in [9.17, 15) is 0 Å². The van der Waals surface area contributed by atoms with Crippen molar-refractivity contribution in [2.24, 2.45) is 5.73 Å². The van der Waals surface area contributed by atoms with Crippen LogP contribution in [0.2, 0.25) is 0 Å². The quantitative estimate of drug-likeness (QED) is 0.851. The van der Waals surface area contributed by atoms with Gasteiger partial charge in [0, 0.05) is 4.47 Å². The molecule has 0 saturated carbocycles. The number of nitrogens with two attached hydrogens (primary N) is 1. The molecule has 2 rings (SSSR count). The highest BCUT2D eigenvalue weighted by molar-refractivity contribution is 9.10. The molecule has 0 saturated heterocycles. The Hall–Kier alpha value is -1.53. The average Bonchev–Trinajstić information content (AvgIpc) is 2.33. The molecule has 0 unspecified atom stereocenters. The van der Waals surface area contributed by atoms with Crippen LogP contribution < -0.4 is 11.1 Å². The molecular formula is C12H11BrN4S. The van der Waals surface area contributed by atoms with Gasteiger partial charge in [0.15, 0.2) is 0 Å². The molecule has 0 radical (unpaired) electrons. The smallest absolute Gasteiger partial charge is 0.148 e. The van der Waals surface area contributed by atoms with E-state index in [0.29, 0.717) is 11.5 Å². The lowest BCUT2D eigenvalue weighted by Gasteiger charge is -2.08. The first-order valence-corrected chi connectivity index (χ1v) is 6.41. The largest absolute Gasteiger partial charge is 0.388 e. The Labute approximate surface area is 119 Å². The molecule has 0 atom stereocenters. The molecule has 0 spiro atoms. The van der Waals surface area contributed by atoms with Crippen LogP contribution in [0.3, 0.4) is 0 Å². The molecule has 2 aromatic rings. The third-order valence-corrected chi connectivity index (χ3v) is 3.16. The normalized spacial score (nSPS) is 10.1. The molecule has 6 heteroatoms. The van der Waals surface area contributed by atoms with Crippen molar-refractivity contribution < 1.29 is 0 Å². The van der Waals surface area contributed by atoms with Gasteiger partial charge in [-0.1, -0.05) is 18.3 Å². The van der Waals surface area contributed by atoms with Gasteiger partial charge in [0.1, 0.15) is 16.5 Å². The van der Waals surface area contributed by atoms with Gasteiger partial charge in [0.05, 0.1) is 18.1 Å². The number of hydrogen-bond acceptors (Lipinski definition) is 4. The highest BCUT2D eigenvalue weighted by Crippen LogP contribution is 2.25. The molecular weight excluding hydrogens is 312 g/mol. The van der Waals surface area contributed by atoms with Gasteiger partial charge >= 0.3 is 0 Å². The summed E-state index contributed by atoms with van der Waals surface area (Å²) in [6.07, 6.45) is 3.15. The lowest BCUT2D eigenvalue weighted by molar-refractivity contribution is 1.18. The van der Waals surface area contributed by atoms with Crippen LogP contribution in [0.15, 0.2) is 35.1 Å². The van der Waals surface area contributed by atoms with Gasteiger partial charge < -0.3 is 11.1 Å². The Balaban J connectivity index is 2.21. The van der Waals surface area contributed by atoms with Gasteiger partial charge in [0.25, 0.3) is 0 Å². The number of aromatic nitrogens is 2. The van der Waals surface area contributed by atoms with Gasteiger partial charge in [-0.3, -0.25) is 0 Å². The Morgan fingerprint density at radius 2 is 2.11 bits per heavy atom. The van der Waals surface area contributed by atoms with Crippen LogP contribution >= 0.6 is 28.1 Å². The van der Waals surface area contributed by atoms with E-state index in [1.807, 2.05) is 25.1 Å². The molecule has 0 bridgehead atoms. The zero-order chi connectivity index (χ0) is 13.1. The van der Waals surface area contributed by atoms with Crippen molar-refractivity contribution in [2.75, 3.05) is 5.32 Å². The molecule has 3 N–H and O–H groups in total. The minimum Gasteiger partial charge on any atom is -0.388 e. The molecule has 1 heterocycles. The van der Waals surface area contributed by atoms with Crippen molar-refractivity contribution >= 4 is 44.6 Å². The first-order valence-electron chi connectivity index (χ1n) is 5.21. The highest BCUT2D eigenvalue weighted by atomic mass is 79.9. The maximum absolute atomic E-state index is 5.46. The SMILES string of the molecule is Cc1ccc(Nc2cnc(C(N)=S)cn2)c(Br)c1. The minimum absolute atomic E-state index is 0.241. The van der Waals surface area contributed by atoms with Gasteiger partial charge in [-0.2, -0.15) is 0 Å². The zero-order valence-corrected chi connectivity index (χ0v) is 12.0. The fourth-order valence-electron chi connectivity index (χ4n) is 1.38. The molecule has 0 aliphatic rings. The summed E-state index contributed by atoms with van der Waals surface area (Å²) < 4.78 is 0.975. The summed E-state index contributed by atoms with van der Waals surface area (Å²) in [5, 5.41) is 3.16. The second kappa shape index (κ2) is 5.41. The Morgan fingerprint density at radius 3 is 2.67 bits per heavy atom. The molecule has 0 amide bonds. The van der Waals surface area contributed by atoms with Crippen LogP contribution in [0.5, 0.6) is 0 Å². The molecule has 1 aromatic carbocycles. The zero-order valence-electron chi connectivity index (χ0n) is 9.64. The highest BCUT2D eigenvalue weighted by Gasteiger charge is 2.03. The summed E-state index contributed by atoms with van der Waals surface area (Å²) in [5.41, 5.74) is 8.08.